The monoisotopic (exact) mass is 502 g/mol. The molecule has 0 saturated heterocycles. The van der Waals surface area contributed by atoms with Crippen molar-refractivity contribution >= 4 is 23.6 Å². The molecular formula is C31H35FN2O3. The molecule has 1 amide bonds. The van der Waals surface area contributed by atoms with Gasteiger partial charge in [0.25, 0.3) is 0 Å². The summed E-state index contributed by atoms with van der Waals surface area (Å²) in [4.78, 5) is 26.3. The smallest absolute Gasteiger partial charge is 0.312 e. The van der Waals surface area contributed by atoms with E-state index in [-0.39, 0.29) is 23.5 Å². The van der Waals surface area contributed by atoms with E-state index in [1.54, 1.807) is 18.2 Å². The summed E-state index contributed by atoms with van der Waals surface area (Å²) in [5.74, 6) is -1.15. The van der Waals surface area contributed by atoms with Gasteiger partial charge in [0.1, 0.15) is 11.4 Å². The number of benzene rings is 2. The maximum atomic E-state index is 14.8. The molecule has 2 saturated carbocycles. The topological polar surface area (TPSA) is 79.2 Å². The Hall–Kier alpha value is -3.46. The van der Waals surface area contributed by atoms with Gasteiger partial charge in [-0.2, -0.15) is 5.26 Å². The van der Waals surface area contributed by atoms with Gasteiger partial charge in [0.05, 0.1) is 23.1 Å². The highest BCUT2D eigenvalue weighted by molar-refractivity contribution is 5.96. The summed E-state index contributed by atoms with van der Waals surface area (Å²) in [5, 5.41) is 11.6. The Kier molecular flexibility index (Phi) is 7.82. The average molecular weight is 503 g/mol. The summed E-state index contributed by atoms with van der Waals surface area (Å²) in [7, 11) is 0. The van der Waals surface area contributed by atoms with Crippen molar-refractivity contribution in [1.29, 1.82) is 5.26 Å². The number of allylic oxidation sites excluding steroid dienone is 1. The van der Waals surface area contributed by atoms with Gasteiger partial charge < -0.3 is 10.1 Å². The largest absolute Gasteiger partial charge is 0.460 e. The highest BCUT2D eigenvalue weighted by atomic mass is 19.1. The number of halogens is 1. The lowest BCUT2D eigenvalue weighted by Gasteiger charge is -2.25. The quantitative estimate of drug-likeness (QED) is 0.313. The number of hydrogen-bond acceptors (Lipinski definition) is 4. The normalized spacial score (nSPS) is 17.8. The molecule has 1 atom stereocenters. The lowest BCUT2D eigenvalue weighted by Crippen LogP contribution is -2.31. The van der Waals surface area contributed by atoms with E-state index < -0.39 is 22.8 Å². The van der Waals surface area contributed by atoms with Crippen LogP contribution in [0.3, 0.4) is 0 Å². The SMILES string of the molecule is CC(C)(C)OC(=O)C1(Cc2ccc(F)c(NC(=O)C(c3ccc(C=CC#N)cc3)C3CCCC3)c2)CC1. The molecule has 0 bridgehead atoms. The Morgan fingerprint density at radius 2 is 1.84 bits per heavy atom. The van der Waals surface area contributed by atoms with Crippen LogP contribution in [0.4, 0.5) is 10.1 Å². The molecule has 0 spiro atoms. The molecule has 6 heteroatoms. The predicted octanol–water partition coefficient (Wildman–Crippen LogP) is 6.94. The van der Waals surface area contributed by atoms with Gasteiger partial charge in [-0.05, 0) is 93.7 Å². The molecule has 2 fully saturated rings. The van der Waals surface area contributed by atoms with E-state index in [1.807, 2.05) is 51.1 Å². The van der Waals surface area contributed by atoms with Crippen LogP contribution < -0.4 is 5.32 Å². The number of amides is 1. The van der Waals surface area contributed by atoms with Gasteiger partial charge in [0.2, 0.25) is 5.91 Å². The molecule has 0 heterocycles. The first kappa shape index (κ1) is 26.6. The number of rotatable bonds is 8. The standard InChI is InChI=1S/C31H35FN2O3/c1-30(2,3)37-29(36)31(16-17-31)20-22-12-15-25(32)26(19-22)34-28(35)27(23-8-4-5-9-23)24-13-10-21(11-14-24)7-6-18-33/h6-7,10-15,19,23,27H,4-5,8-9,16-17,20H2,1-3H3,(H,34,35). The fourth-order valence-electron chi connectivity index (χ4n) is 5.25. The summed E-state index contributed by atoms with van der Waals surface area (Å²) < 4.78 is 20.5. The van der Waals surface area contributed by atoms with Crippen LogP contribution in [0.25, 0.3) is 6.08 Å². The molecule has 2 aromatic carbocycles. The number of carbonyl (C=O) groups is 2. The fraction of sp³-hybridized carbons (Fsp3) is 0.452. The Labute approximate surface area is 218 Å². The van der Waals surface area contributed by atoms with E-state index in [2.05, 4.69) is 5.32 Å². The number of carbonyl (C=O) groups excluding carboxylic acids is 2. The summed E-state index contributed by atoms with van der Waals surface area (Å²) in [6.45, 7) is 5.55. The lowest BCUT2D eigenvalue weighted by atomic mass is 9.83. The molecule has 2 aliphatic carbocycles. The number of nitrogens with zero attached hydrogens (tertiary/aromatic N) is 1. The maximum Gasteiger partial charge on any atom is 0.312 e. The third-order valence-corrected chi connectivity index (χ3v) is 7.32. The summed E-state index contributed by atoms with van der Waals surface area (Å²) >= 11 is 0. The first-order valence-electron chi connectivity index (χ1n) is 13.1. The van der Waals surface area contributed by atoms with Gasteiger partial charge in [-0.15, -0.1) is 0 Å². The van der Waals surface area contributed by atoms with Gasteiger partial charge >= 0.3 is 5.97 Å². The van der Waals surface area contributed by atoms with Crippen LogP contribution in [0.1, 0.15) is 81.9 Å². The third kappa shape index (κ3) is 6.65. The van der Waals surface area contributed by atoms with Crippen molar-refractivity contribution in [3.8, 4) is 6.07 Å². The van der Waals surface area contributed by atoms with Crippen molar-refractivity contribution < 1.29 is 18.7 Å². The minimum Gasteiger partial charge on any atom is -0.460 e. The van der Waals surface area contributed by atoms with Crippen molar-refractivity contribution in [2.24, 2.45) is 11.3 Å². The van der Waals surface area contributed by atoms with Crippen LogP contribution in [0.5, 0.6) is 0 Å². The number of anilines is 1. The molecule has 37 heavy (non-hydrogen) atoms. The molecule has 194 valence electrons. The molecular weight excluding hydrogens is 467 g/mol. The van der Waals surface area contributed by atoms with E-state index in [4.69, 9.17) is 10.00 Å². The summed E-state index contributed by atoms with van der Waals surface area (Å²) in [6.07, 6.45) is 9.13. The van der Waals surface area contributed by atoms with Gasteiger partial charge in [-0.1, -0.05) is 43.2 Å². The summed E-state index contributed by atoms with van der Waals surface area (Å²) in [6, 6.07) is 14.3. The predicted molar refractivity (Wildman–Crippen MR) is 142 cm³/mol. The van der Waals surface area contributed by atoms with E-state index >= 15 is 0 Å². The second-order valence-electron chi connectivity index (χ2n) is 11.4. The zero-order valence-electron chi connectivity index (χ0n) is 21.9. The van der Waals surface area contributed by atoms with Crippen LogP contribution in [-0.2, 0) is 20.7 Å². The van der Waals surface area contributed by atoms with Crippen LogP contribution in [0.2, 0.25) is 0 Å². The minimum absolute atomic E-state index is 0.138. The Balaban J connectivity index is 1.53. The Morgan fingerprint density at radius 3 is 2.43 bits per heavy atom. The molecule has 0 radical (unpaired) electrons. The van der Waals surface area contributed by atoms with E-state index in [9.17, 15) is 14.0 Å². The highest BCUT2D eigenvalue weighted by Crippen LogP contribution is 2.50. The van der Waals surface area contributed by atoms with Crippen LogP contribution in [-0.4, -0.2) is 17.5 Å². The van der Waals surface area contributed by atoms with Crippen LogP contribution in [0.15, 0.2) is 48.5 Å². The fourth-order valence-corrected chi connectivity index (χ4v) is 5.25. The van der Waals surface area contributed by atoms with Crippen molar-refractivity contribution in [2.75, 3.05) is 5.32 Å². The zero-order chi connectivity index (χ0) is 26.6. The number of hydrogen-bond donors (Lipinski definition) is 1. The second kappa shape index (κ2) is 10.9. The van der Waals surface area contributed by atoms with Crippen molar-refractivity contribution in [3.05, 3.63) is 71.0 Å². The molecule has 1 N–H and O–H groups in total. The van der Waals surface area contributed by atoms with Gasteiger partial charge in [-0.25, -0.2) is 4.39 Å². The molecule has 4 rings (SSSR count). The van der Waals surface area contributed by atoms with E-state index in [0.717, 1.165) is 55.2 Å². The minimum atomic E-state index is -0.569. The van der Waals surface area contributed by atoms with Crippen LogP contribution in [0, 0.1) is 28.5 Å². The molecule has 2 aromatic rings. The van der Waals surface area contributed by atoms with E-state index in [0.29, 0.717) is 6.42 Å². The zero-order valence-corrected chi connectivity index (χ0v) is 21.9. The Bertz CT molecular complexity index is 1210. The maximum absolute atomic E-state index is 14.8. The van der Waals surface area contributed by atoms with Gasteiger partial charge in [0, 0.05) is 6.08 Å². The average Bonchev–Trinajstić information content (AvgIpc) is 3.43. The number of ether oxygens (including phenoxy) is 1. The molecule has 5 nitrogen and oxygen atoms in total. The van der Waals surface area contributed by atoms with Gasteiger partial charge in [-0.3, -0.25) is 9.59 Å². The lowest BCUT2D eigenvalue weighted by molar-refractivity contribution is -0.161. The Morgan fingerprint density at radius 1 is 1.16 bits per heavy atom. The van der Waals surface area contributed by atoms with E-state index in [1.165, 1.54) is 12.1 Å². The first-order chi connectivity index (χ1) is 17.6. The third-order valence-electron chi connectivity index (χ3n) is 7.32. The molecule has 0 aromatic heterocycles. The second-order valence-corrected chi connectivity index (χ2v) is 11.4. The van der Waals surface area contributed by atoms with Gasteiger partial charge in [0.15, 0.2) is 0 Å². The highest BCUT2D eigenvalue weighted by Gasteiger charge is 2.52. The van der Waals surface area contributed by atoms with Crippen molar-refractivity contribution in [1.82, 2.24) is 0 Å². The molecule has 0 aliphatic heterocycles. The number of esters is 1. The molecule has 2 aliphatic rings. The summed E-state index contributed by atoms with van der Waals surface area (Å²) in [5.41, 5.74) is 1.57. The van der Waals surface area contributed by atoms with Crippen molar-refractivity contribution in [2.45, 2.75) is 77.2 Å². The van der Waals surface area contributed by atoms with Crippen LogP contribution >= 0.6 is 0 Å². The first-order valence-corrected chi connectivity index (χ1v) is 13.1. The van der Waals surface area contributed by atoms with Crippen molar-refractivity contribution in [3.63, 3.8) is 0 Å². The number of nitrogens with one attached hydrogen (secondary N) is 1. The number of nitriles is 1. The molecule has 1 unspecified atom stereocenters.